The first-order chi connectivity index (χ1) is 9.22. The van der Waals surface area contributed by atoms with Crippen molar-refractivity contribution >= 4 is 11.6 Å². The topological polar surface area (TPSA) is 56.1 Å². The van der Waals surface area contributed by atoms with Crippen molar-refractivity contribution in [1.29, 1.82) is 5.26 Å². The molecular formula is C14H14FN3O. The molecule has 3 rings (SSSR count). The molecule has 4 nitrogen and oxygen atoms in total. The minimum absolute atomic E-state index is 0.0372. The number of anilines is 1. The predicted molar refractivity (Wildman–Crippen MR) is 68.0 cm³/mol. The molecule has 5 heteroatoms. The Morgan fingerprint density at radius 1 is 1.47 bits per heavy atom. The lowest BCUT2D eigenvalue weighted by molar-refractivity contribution is -0.122. The monoisotopic (exact) mass is 259 g/mol. The van der Waals surface area contributed by atoms with Gasteiger partial charge in [-0.2, -0.15) is 5.26 Å². The van der Waals surface area contributed by atoms with Gasteiger partial charge < -0.3 is 10.2 Å². The molecule has 19 heavy (non-hydrogen) atoms. The lowest BCUT2D eigenvalue weighted by Gasteiger charge is -2.38. The van der Waals surface area contributed by atoms with E-state index in [2.05, 4.69) is 5.32 Å². The number of nitriles is 1. The van der Waals surface area contributed by atoms with E-state index in [1.165, 1.54) is 6.07 Å². The van der Waals surface area contributed by atoms with Crippen molar-refractivity contribution in [3.63, 3.8) is 0 Å². The van der Waals surface area contributed by atoms with Crippen molar-refractivity contribution in [2.75, 3.05) is 18.0 Å². The number of benzene rings is 1. The van der Waals surface area contributed by atoms with Crippen molar-refractivity contribution in [2.45, 2.75) is 18.9 Å². The van der Waals surface area contributed by atoms with Gasteiger partial charge in [-0.3, -0.25) is 4.79 Å². The van der Waals surface area contributed by atoms with Crippen LogP contribution in [-0.4, -0.2) is 25.0 Å². The fourth-order valence-electron chi connectivity index (χ4n) is 3.11. The third-order valence-electron chi connectivity index (χ3n) is 4.01. The lowest BCUT2D eigenvalue weighted by atomic mass is 9.90. The molecule has 0 aromatic heterocycles. The number of piperidine rings is 1. The number of hydrogen-bond donors (Lipinski definition) is 1. The van der Waals surface area contributed by atoms with Gasteiger partial charge in [0.25, 0.3) is 0 Å². The maximum Gasteiger partial charge on any atom is 0.225 e. The Bertz CT molecular complexity index is 566. The Morgan fingerprint density at radius 2 is 2.32 bits per heavy atom. The second-order valence-electron chi connectivity index (χ2n) is 5.00. The summed E-state index contributed by atoms with van der Waals surface area (Å²) in [5.41, 5.74) is 0.677. The van der Waals surface area contributed by atoms with E-state index in [-0.39, 0.29) is 23.4 Å². The van der Waals surface area contributed by atoms with Gasteiger partial charge in [-0.05, 0) is 25.0 Å². The molecule has 0 radical (unpaired) electrons. The van der Waals surface area contributed by atoms with Gasteiger partial charge in [-0.1, -0.05) is 6.07 Å². The number of amides is 1. The first-order valence-corrected chi connectivity index (χ1v) is 6.45. The number of hydrogen-bond acceptors (Lipinski definition) is 3. The molecule has 2 heterocycles. The van der Waals surface area contributed by atoms with Crippen molar-refractivity contribution < 1.29 is 9.18 Å². The molecule has 0 aliphatic carbocycles. The number of rotatable bonds is 1. The van der Waals surface area contributed by atoms with Crippen LogP contribution in [0.2, 0.25) is 0 Å². The molecule has 2 aliphatic rings. The highest BCUT2D eigenvalue weighted by Crippen LogP contribution is 2.33. The van der Waals surface area contributed by atoms with Gasteiger partial charge in [0.05, 0.1) is 17.6 Å². The summed E-state index contributed by atoms with van der Waals surface area (Å²) in [5, 5.41) is 12.0. The second kappa shape index (κ2) is 4.54. The molecule has 2 fully saturated rings. The molecule has 1 amide bonds. The maximum atomic E-state index is 13.7. The summed E-state index contributed by atoms with van der Waals surface area (Å²) < 4.78 is 13.7. The smallest absolute Gasteiger partial charge is 0.225 e. The van der Waals surface area contributed by atoms with Gasteiger partial charge in [0.1, 0.15) is 17.4 Å². The maximum absolute atomic E-state index is 13.7. The first-order valence-electron chi connectivity index (χ1n) is 6.45. The molecular weight excluding hydrogens is 245 g/mol. The van der Waals surface area contributed by atoms with Crippen LogP contribution in [0.25, 0.3) is 0 Å². The fourth-order valence-corrected chi connectivity index (χ4v) is 3.11. The van der Waals surface area contributed by atoms with E-state index in [1.807, 2.05) is 11.0 Å². The number of nitrogens with zero attached hydrogens (tertiary/aromatic N) is 2. The molecule has 2 unspecified atom stereocenters. The number of fused-ring (bicyclic) bond motifs is 1. The zero-order valence-corrected chi connectivity index (χ0v) is 10.4. The van der Waals surface area contributed by atoms with Gasteiger partial charge in [-0.25, -0.2) is 4.39 Å². The second-order valence-corrected chi connectivity index (χ2v) is 5.00. The first kappa shape index (κ1) is 12.0. The summed E-state index contributed by atoms with van der Waals surface area (Å²) in [7, 11) is 0. The molecule has 2 saturated heterocycles. The zero-order valence-electron chi connectivity index (χ0n) is 10.4. The summed E-state index contributed by atoms with van der Waals surface area (Å²) in [6, 6.07) is 6.63. The largest absolute Gasteiger partial charge is 0.365 e. The SMILES string of the molecule is N#Cc1c(F)cccc1N1CCCC2C(=O)NCC21. The van der Waals surface area contributed by atoms with Crippen molar-refractivity contribution in [2.24, 2.45) is 5.92 Å². The molecule has 2 atom stereocenters. The van der Waals surface area contributed by atoms with E-state index in [9.17, 15) is 9.18 Å². The van der Waals surface area contributed by atoms with Crippen molar-refractivity contribution in [3.05, 3.63) is 29.6 Å². The highest BCUT2D eigenvalue weighted by Gasteiger charge is 2.41. The molecule has 0 bridgehead atoms. The van der Waals surface area contributed by atoms with E-state index in [0.29, 0.717) is 12.2 Å². The molecule has 0 saturated carbocycles. The average molecular weight is 259 g/mol. The number of nitrogens with one attached hydrogen (secondary N) is 1. The Labute approximate surface area is 110 Å². The van der Waals surface area contributed by atoms with Gasteiger partial charge in [0.15, 0.2) is 0 Å². The van der Waals surface area contributed by atoms with Crippen LogP contribution in [0.5, 0.6) is 0 Å². The van der Waals surface area contributed by atoms with Crippen LogP contribution < -0.4 is 10.2 Å². The molecule has 1 aromatic carbocycles. The van der Waals surface area contributed by atoms with Crippen LogP contribution in [0, 0.1) is 23.1 Å². The third-order valence-corrected chi connectivity index (χ3v) is 4.01. The van der Waals surface area contributed by atoms with E-state index in [1.54, 1.807) is 12.1 Å². The van der Waals surface area contributed by atoms with Crippen LogP contribution in [-0.2, 0) is 4.79 Å². The number of halogens is 1. The minimum atomic E-state index is -0.501. The fraction of sp³-hybridized carbons (Fsp3) is 0.429. The van der Waals surface area contributed by atoms with Gasteiger partial charge in [0.2, 0.25) is 5.91 Å². The standard InChI is InChI=1S/C14H14FN3O/c15-11-4-1-5-12(10(11)7-16)18-6-2-3-9-13(18)8-17-14(9)19/h1,4-5,9,13H,2-3,6,8H2,(H,17,19). The number of carbonyl (C=O) groups is 1. The Morgan fingerprint density at radius 3 is 3.11 bits per heavy atom. The quantitative estimate of drug-likeness (QED) is 0.829. The minimum Gasteiger partial charge on any atom is -0.365 e. The summed E-state index contributed by atoms with van der Waals surface area (Å²) in [5.74, 6) is -0.465. The van der Waals surface area contributed by atoms with Gasteiger partial charge in [-0.15, -0.1) is 0 Å². The van der Waals surface area contributed by atoms with E-state index < -0.39 is 5.82 Å². The number of carbonyl (C=O) groups excluding carboxylic acids is 1. The predicted octanol–water partition coefficient (Wildman–Crippen LogP) is 1.41. The molecule has 98 valence electrons. The Kier molecular flexibility index (Phi) is 2.86. The van der Waals surface area contributed by atoms with Crippen LogP contribution in [0.1, 0.15) is 18.4 Å². The molecule has 0 spiro atoms. The average Bonchev–Trinajstić information content (AvgIpc) is 2.80. The Balaban J connectivity index is 2.00. The summed E-state index contributed by atoms with van der Waals surface area (Å²) in [6.45, 7) is 1.33. The van der Waals surface area contributed by atoms with Gasteiger partial charge >= 0.3 is 0 Å². The highest BCUT2D eigenvalue weighted by atomic mass is 19.1. The normalized spacial score (nSPS) is 25.7. The van der Waals surface area contributed by atoms with Crippen molar-refractivity contribution in [3.8, 4) is 6.07 Å². The lowest BCUT2D eigenvalue weighted by Crippen LogP contribution is -2.46. The van der Waals surface area contributed by atoms with E-state index in [0.717, 1.165) is 19.4 Å². The molecule has 1 N–H and O–H groups in total. The van der Waals surface area contributed by atoms with E-state index >= 15 is 0 Å². The van der Waals surface area contributed by atoms with Crippen LogP contribution in [0.15, 0.2) is 18.2 Å². The summed E-state index contributed by atoms with van der Waals surface area (Å²) in [4.78, 5) is 13.7. The molecule has 2 aliphatic heterocycles. The van der Waals surface area contributed by atoms with Gasteiger partial charge in [0, 0.05) is 13.1 Å². The summed E-state index contributed by atoms with van der Waals surface area (Å²) in [6.07, 6.45) is 1.75. The Hall–Kier alpha value is -2.09. The van der Waals surface area contributed by atoms with Crippen LogP contribution in [0.4, 0.5) is 10.1 Å². The zero-order chi connectivity index (χ0) is 13.4. The van der Waals surface area contributed by atoms with Crippen molar-refractivity contribution in [1.82, 2.24) is 5.32 Å². The molecule has 1 aromatic rings. The highest BCUT2D eigenvalue weighted by molar-refractivity contribution is 5.83. The third kappa shape index (κ3) is 1.84. The summed E-state index contributed by atoms with van der Waals surface area (Å²) >= 11 is 0. The van der Waals surface area contributed by atoms with E-state index in [4.69, 9.17) is 5.26 Å². The van der Waals surface area contributed by atoms with Crippen LogP contribution >= 0.6 is 0 Å². The van der Waals surface area contributed by atoms with Crippen LogP contribution in [0.3, 0.4) is 0 Å².